The van der Waals surface area contributed by atoms with Gasteiger partial charge in [0, 0.05) is 10.9 Å². The quantitative estimate of drug-likeness (QED) is 0.446. The smallest absolute Gasteiger partial charge is 0.0649 e. The molecule has 0 unspecified atom stereocenters. The third-order valence-electron chi connectivity index (χ3n) is 0.821. The summed E-state index contributed by atoms with van der Waals surface area (Å²) in [6.07, 6.45) is 0. The highest BCUT2D eigenvalue weighted by Crippen LogP contribution is 2.02. The van der Waals surface area contributed by atoms with Gasteiger partial charge < -0.3 is 0 Å². The number of hydrogen-bond donors (Lipinski definition) is 0. The van der Waals surface area contributed by atoms with Gasteiger partial charge in [0.15, 0.2) is 0 Å². The molecule has 46 valence electrons. The molecule has 1 heterocycles. The first-order valence-electron chi connectivity index (χ1n) is 2.50. The van der Waals surface area contributed by atoms with Crippen molar-refractivity contribution in [2.75, 3.05) is 5.33 Å². The summed E-state index contributed by atoms with van der Waals surface area (Å²) < 4.78 is 0. The molecule has 0 N–H and O–H groups in total. The van der Waals surface area contributed by atoms with E-state index in [9.17, 15) is 0 Å². The Kier molecular flexibility index (Phi) is 2.82. The molecule has 0 fully saturated rings. The molecule has 2 heteroatoms. The fourth-order valence-electron chi connectivity index (χ4n) is 0.471. The van der Waals surface area contributed by atoms with Gasteiger partial charge in [-0.15, -0.1) is 0 Å². The van der Waals surface area contributed by atoms with Crippen LogP contribution in [0, 0.1) is 11.8 Å². The lowest BCUT2D eigenvalue weighted by molar-refractivity contribution is 1.83. The molecule has 0 saturated heterocycles. The second-order valence-corrected chi connectivity index (χ2v) is 2.79. The van der Waals surface area contributed by atoms with Crippen molar-refractivity contribution in [3.63, 3.8) is 0 Å². The molecule has 0 aliphatic heterocycles. The minimum absolute atomic E-state index is 0.753. The Labute approximate surface area is 67.0 Å². The summed E-state index contributed by atoms with van der Waals surface area (Å²) in [5.74, 6) is 5.91. The summed E-state index contributed by atoms with van der Waals surface area (Å²) in [5, 5.41) is 4.82. The SMILES string of the molecule is BrCC#Cc1ccsc1. The molecule has 0 spiro atoms. The topological polar surface area (TPSA) is 0 Å². The van der Waals surface area contributed by atoms with E-state index < -0.39 is 0 Å². The largest absolute Gasteiger partial charge is 0.151 e. The molecule has 1 rings (SSSR count). The number of alkyl halides is 1. The van der Waals surface area contributed by atoms with Gasteiger partial charge in [-0.2, -0.15) is 11.3 Å². The van der Waals surface area contributed by atoms with E-state index in [-0.39, 0.29) is 0 Å². The molecule has 0 aliphatic rings. The van der Waals surface area contributed by atoms with E-state index >= 15 is 0 Å². The molecule has 0 atom stereocenters. The maximum Gasteiger partial charge on any atom is 0.0649 e. The molecule has 1 aromatic heterocycles. The van der Waals surface area contributed by atoms with Crippen molar-refractivity contribution in [2.45, 2.75) is 0 Å². The van der Waals surface area contributed by atoms with E-state index in [1.54, 1.807) is 11.3 Å². The highest BCUT2D eigenvalue weighted by molar-refractivity contribution is 9.09. The van der Waals surface area contributed by atoms with Crippen molar-refractivity contribution in [1.29, 1.82) is 0 Å². The van der Waals surface area contributed by atoms with E-state index in [0.717, 1.165) is 10.9 Å². The standard InChI is InChI=1S/C7H5BrS/c8-4-1-2-7-3-5-9-6-7/h3,5-6H,4H2. The molecule has 9 heavy (non-hydrogen) atoms. The van der Waals surface area contributed by atoms with Gasteiger partial charge in [0.2, 0.25) is 0 Å². The second-order valence-electron chi connectivity index (χ2n) is 1.45. The molecule has 0 aliphatic carbocycles. The summed E-state index contributed by atoms with van der Waals surface area (Å²) in [5.41, 5.74) is 1.11. The third kappa shape index (κ3) is 2.21. The lowest BCUT2D eigenvalue weighted by atomic mass is 10.3. The van der Waals surface area contributed by atoms with Crippen molar-refractivity contribution in [3.05, 3.63) is 22.4 Å². The van der Waals surface area contributed by atoms with Crippen LogP contribution in [-0.4, -0.2) is 5.33 Å². The zero-order chi connectivity index (χ0) is 6.53. The van der Waals surface area contributed by atoms with Crippen LogP contribution in [0.5, 0.6) is 0 Å². The van der Waals surface area contributed by atoms with Crippen molar-refractivity contribution < 1.29 is 0 Å². The monoisotopic (exact) mass is 200 g/mol. The minimum Gasteiger partial charge on any atom is -0.151 e. The fourth-order valence-corrected chi connectivity index (χ4v) is 1.20. The van der Waals surface area contributed by atoms with Gasteiger partial charge in [-0.05, 0) is 11.4 Å². The number of hydrogen-bond acceptors (Lipinski definition) is 1. The van der Waals surface area contributed by atoms with E-state index in [1.165, 1.54) is 0 Å². The van der Waals surface area contributed by atoms with Crippen LogP contribution < -0.4 is 0 Å². The molecule has 0 radical (unpaired) electrons. The van der Waals surface area contributed by atoms with E-state index in [1.807, 2.05) is 16.8 Å². The van der Waals surface area contributed by atoms with Crippen molar-refractivity contribution in [3.8, 4) is 11.8 Å². The Bertz CT molecular complexity index is 215. The van der Waals surface area contributed by atoms with Crippen LogP contribution in [0.1, 0.15) is 5.56 Å². The summed E-state index contributed by atoms with van der Waals surface area (Å²) in [6.45, 7) is 0. The Balaban J connectivity index is 2.67. The maximum absolute atomic E-state index is 3.22. The molecule has 0 amide bonds. The lowest BCUT2D eigenvalue weighted by Gasteiger charge is -1.72. The maximum atomic E-state index is 3.22. The van der Waals surface area contributed by atoms with Crippen LogP contribution >= 0.6 is 27.3 Å². The van der Waals surface area contributed by atoms with Crippen LogP contribution in [0.15, 0.2) is 16.8 Å². The summed E-state index contributed by atoms with van der Waals surface area (Å²) in [6, 6.07) is 2.01. The van der Waals surface area contributed by atoms with Crippen molar-refractivity contribution in [1.82, 2.24) is 0 Å². The lowest BCUT2D eigenvalue weighted by Crippen LogP contribution is -1.63. The van der Waals surface area contributed by atoms with Crippen molar-refractivity contribution >= 4 is 27.3 Å². The Morgan fingerprint density at radius 3 is 3.11 bits per heavy atom. The van der Waals surface area contributed by atoms with Crippen LogP contribution in [0.4, 0.5) is 0 Å². The zero-order valence-corrected chi connectivity index (χ0v) is 7.13. The average molecular weight is 201 g/mol. The molecular weight excluding hydrogens is 196 g/mol. The van der Waals surface area contributed by atoms with E-state index in [2.05, 4.69) is 27.8 Å². The Morgan fingerprint density at radius 2 is 2.56 bits per heavy atom. The Hall–Kier alpha value is -0.260. The van der Waals surface area contributed by atoms with Crippen molar-refractivity contribution in [2.24, 2.45) is 0 Å². The molecule has 0 aromatic carbocycles. The van der Waals surface area contributed by atoms with Gasteiger partial charge in [0.1, 0.15) is 0 Å². The highest BCUT2D eigenvalue weighted by atomic mass is 79.9. The summed E-state index contributed by atoms with van der Waals surface area (Å²) in [4.78, 5) is 0. The second kappa shape index (κ2) is 3.71. The highest BCUT2D eigenvalue weighted by Gasteiger charge is 1.81. The van der Waals surface area contributed by atoms with Crippen LogP contribution in [0.2, 0.25) is 0 Å². The van der Waals surface area contributed by atoms with Crippen LogP contribution in [0.3, 0.4) is 0 Å². The van der Waals surface area contributed by atoms with E-state index in [0.29, 0.717) is 0 Å². The fraction of sp³-hybridized carbons (Fsp3) is 0.143. The Morgan fingerprint density at radius 1 is 1.67 bits per heavy atom. The first-order chi connectivity index (χ1) is 4.43. The number of halogens is 1. The zero-order valence-electron chi connectivity index (χ0n) is 4.73. The number of rotatable bonds is 0. The van der Waals surface area contributed by atoms with Gasteiger partial charge in [0.25, 0.3) is 0 Å². The molecule has 0 saturated carbocycles. The van der Waals surface area contributed by atoms with Gasteiger partial charge in [-0.25, -0.2) is 0 Å². The molecule has 0 bridgehead atoms. The first kappa shape index (κ1) is 6.85. The predicted molar refractivity (Wildman–Crippen MR) is 45.0 cm³/mol. The first-order valence-corrected chi connectivity index (χ1v) is 4.57. The van der Waals surface area contributed by atoms with Gasteiger partial charge in [-0.1, -0.05) is 27.8 Å². The van der Waals surface area contributed by atoms with Crippen LogP contribution in [-0.2, 0) is 0 Å². The number of thiophene rings is 1. The van der Waals surface area contributed by atoms with Gasteiger partial charge >= 0.3 is 0 Å². The van der Waals surface area contributed by atoms with Gasteiger partial charge in [0.05, 0.1) is 5.33 Å². The molecule has 0 nitrogen and oxygen atoms in total. The van der Waals surface area contributed by atoms with Gasteiger partial charge in [-0.3, -0.25) is 0 Å². The minimum atomic E-state index is 0.753. The summed E-state index contributed by atoms with van der Waals surface area (Å²) in [7, 11) is 0. The van der Waals surface area contributed by atoms with Crippen LogP contribution in [0.25, 0.3) is 0 Å². The van der Waals surface area contributed by atoms with E-state index in [4.69, 9.17) is 0 Å². The molecular formula is C7H5BrS. The average Bonchev–Trinajstić information content (AvgIpc) is 2.34. The molecule has 1 aromatic rings. The normalized spacial score (nSPS) is 8.11. The third-order valence-corrected chi connectivity index (χ3v) is 1.78. The summed E-state index contributed by atoms with van der Waals surface area (Å²) >= 11 is 4.90. The predicted octanol–water partition coefficient (Wildman–Crippen LogP) is 2.49.